The molecule has 20 heavy (non-hydrogen) atoms. The van der Waals surface area contributed by atoms with E-state index in [0.29, 0.717) is 12.3 Å². The molecule has 1 aromatic rings. The van der Waals surface area contributed by atoms with Crippen LogP contribution in [0, 0.1) is 12.8 Å². The fourth-order valence-electron chi connectivity index (χ4n) is 3.01. The molecule has 0 saturated carbocycles. The summed E-state index contributed by atoms with van der Waals surface area (Å²) in [5, 5.41) is 9.14. The largest absolute Gasteiger partial charge is 0.396 e. The highest BCUT2D eigenvalue weighted by Crippen LogP contribution is 2.24. The van der Waals surface area contributed by atoms with Gasteiger partial charge in [-0.3, -0.25) is 4.79 Å². The first kappa shape index (κ1) is 15.0. The van der Waals surface area contributed by atoms with E-state index in [-0.39, 0.29) is 18.4 Å². The van der Waals surface area contributed by atoms with Crippen molar-refractivity contribution in [2.45, 2.75) is 39.0 Å². The average Bonchev–Trinajstić information content (AvgIpc) is 2.47. The molecule has 1 amide bonds. The molecule has 1 fully saturated rings. The molecule has 1 aliphatic heterocycles. The van der Waals surface area contributed by atoms with Gasteiger partial charge in [-0.1, -0.05) is 31.2 Å². The second-order valence-corrected chi connectivity index (χ2v) is 5.97. The van der Waals surface area contributed by atoms with Crippen LogP contribution in [0.5, 0.6) is 0 Å². The maximum atomic E-state index is 12.4. The fraction of sp³-hybridized carbons (Fsp3) is 0.588. The van der Waals surface area contributed by atoms with Gasteiger partial charge in [-0.25, -0.2) is 0 Å². The number of benzene rings is 1. The summed E-state index contributed by atoms with van der Waals surface area (Å²) in [6.07, 6.45) is 2.44. The van der Waals surface area contributed by atoms with Crippen LogP contribution in [-0.2, 0) is 4.79 Å². The maximum Gasteiger partial charge on any atom is 0.223 e. The summed E-state index contributed by atoms with van der Waals surface area (Å²) in [6, 6.07) is 8.29. The second-order valence-electron chi connectivity index (χ2n) is 5.97. The Hall–Kier alpha value is -1.35. The van der Waals surface area contributed by atoms with Crippen LogP contribution in [0.3, 0.4) is 0 Å². The molecule has 0 aromatic heterocycles. The fourth-order valence-corrected chi connectivity index (χ4v) is 3.01. The van der Waals surface area contributed by atoms with Crippen LogP contribution in [0.4, 0.5) is 0 Å². The predicted molar refractivity (Wildman–Crippen MR) is 80.6 cm³/mol. The minimum absolute atomic E-state index is 0.247. The Kier molecular flexibility index (Phi) is 5.18. The molecule has 0 bridgehead atoms. The van der Waals surface area contributed by atoms with Gasteiger partial charge in [0.25, 0.3) is 0 Å². The lowest BCUT2D eigenvalue weighted by Crippen LogP contribution is -2.39. The van der Waals surface area contributed by atoms with Crippen LogP contribution >= 0.6 is 0 Å². The SMILES string of the molecule is Cc1ccccc1C(C)CC(=O)N1CCC(CO)CC1. The smallest absolute Gasteiger partial charge is 0.223 e. The number of rotatable bonds is 4. The summed E-state index contributed by atoms with van der Waals surface area (Å²) in [7, 11) is 0. The molecule has 1 aliphatic rings. The lowest BCUT2D eigenvalue weighted by atomic mass is 9.92. The molecule has 2 rings (SSSR count). The zero-order valence-corrected chi connectivity index (χ0v) is 12.5. The topological polar surface area (TPSA) is 40.5 Å². The maximum absolute atomic E-state index is 12.4. The number of hydrogen-bond donors (Lipinski definition) is 1. The Labute approximate surface area is 121 Å². The quantitative estimate of drug-likeness (QED) is 0.918. The van der Waals surface area contributed by atoms with Gasteiger partial charge in [-0.15, -0.1) is 0 Å². The molecule has 1 unspecified atom stereocenters. The summed E-state index contributed by atoms with van der Waals surface area (Å²) in [4.78, 5) is 14.3. The normalized spacial score (nSPS) is 18.1. The van der Waals surface area contributed by atoms with Crippen LogP contribution < -0.4 is 0 Å². The van der Waals surface area contributed by atoms with Crippen LogP contribution in [0.15, 0.2) is 24.3 Å². The van der Waals surface area contributed by atoms with Crippen LogP contribution in [0.2, 0.25) is 0 Å². The van der Waals surface area contributed by atoms with Crippen LogP contribution in [0.25, 0.3) is 0 Å². The van der Waals surface area contributed by atoms with Crippen molar-refractivity contribution in [3.63, 3.8) is 0 Å². The monoisotopic (exact) mass is 275 g/mol. The highest BCUT2D eigenvalue weighted by Gasteiger charge is 2.23. The number of piperidine rings is 1. The lowest BCUT2D eigenvalue weighted by molar-refractivity contribution is -0.133. The summed E-state index contributed by atoms with van der Waals surface area (Å²) in [6.45, 7) is 6.07. The molecule has 0 radical (unpaired) electrons. The number of carbonyl (C=O) groups excluding carboxylic acids is 1. The molecule has 1 heterocycles. The summed E-state index contributed by atoms with van der Waals surface area (Å²) in [5.41, 5.74) is 2.53. The van der Waals surface area contributed by atoms with Gasteiger partial charge in [0.2, 0.25) is 5.91 Å². The minimum Gasteiger partial charge on any atom is -0.396 e. The second kappa shape index (κ2) is 6.89. The first-order valence-corrected chi connectivity index (χ1v) is 7.56. The molecule has 1 aromatic carbocycles. The zero-order valence-electron chi connectivity index (χ0n) is 12.5. The third-order valence-corrected chi connectivity index (χ3v) is 4.43. The molecule has 0 aliphatic carbocycles. The molecule has 1 saturated heterocycles. The van der Waals surface area contributed by atoms with Gasteiger partial charge in [0, 0.05) is 26.1 Å². The molecule has 3 heteroatoms. The third kappa shape index (κ3) is 3.60. The summed E-state index contributed by atoms with van der Waals surface area (Å²) in [5.74, 6) is 0.893. The predicted octanol–water partition coefficient (Wildman–Crippen LogP) is 2.72. The van der Waals surface area contributed by atoms with E-state index in [9.17, 15) is 4.79 Å². The number of nitrogens with zero attached hydrogens (tertiary/aromatic N) is 1. The van der Waals surface area contributed by atoms with Gasteiger partial charge >= 0.3 is 0 Å². The third-order valence-electron chi connectivity index (χ3n) is 4.43. The molecule has 110 valence electrons. The summed E-state index contributed by atoms with van der Waals surface area (Å²) >= 11 is 0. The van der Waals surface area contributed by atoms with Crippen molar-refractivity contribution in [2.75, 3.05) is 19.7 Å². The van der Waals surface area contributed by atoms with E-state index < -0.39 is 0 Å². The van der Waals surface area contributed by atoms with Crippen LogP contribution in [0.1, 0.15) is 43.2 Å². The highest BCUT2D eigenvalue weighted by atomic mass is 16.3. The van der Waals surface area contributed by atoms with E-state index in [1.165, 1.54) is 11.1 Å². The van der Waals surface area contributed by atoms with Crippen molar-refractivity contribution in [1.82, 2.24) is 4.90 Å². The van der Waals surface area contributed by atoms with Gasteiger partial charge in [0.1, 0.15) is 0 Å². The van der Waals surface area contributed by atoms with E-state index in [4.69, 9.17) is 5.11 Å². The zero-order chi connectivity index (χ0) is 14.5. The van der Waals surface area contributed by atoms with Crippen molar-refractivity contribution < 1.29 is 9.90 Å². The standard InChI is InChI=1S/C17H25NO2/c1-13-5-3-4-6-16(13)14(2)11-17(20)18-9-7-15(12-19)8-10-18/h3-6,14-15,19H,7-12H2,1-2H3. The van der Waals surface area contributed by atoms with Crippen molar-refractivity contribution in [1.29, 1.82) is 0 Å². The Morgan fingerprint density at radius 3 is 2.60 bits per heavy atom. The van der Waals surface area contributed by atoms with E-state index in [0.717, 1.165) is 25.9 Å². The highest BCUT2D eigenvalue weighted by molar-refractivity contribution is 5.77. The Morgan fingerprint density at radius 1 is 1.35 bits per heavy atom. The number of aliphatic hydroxyl groups is 1. The first-order valence-electron chi connectivity index (χ1n) is 7.56. The molecular weight excluding hydrogens is 250 g/mol. The number of carbonyl (C=O) groups is 1. The van der Waals surface area contributed by atoms with Crippen molar-refractivity contribution >= 4 is 5.91 Å². The van der Waals surface area contributed by atoms with Gasteiger partial charge in [0.15, 0.2) is 0 Å². The van der Waals surface area contributed by atoms with Gasteiger partial charge in [-0.05, 0) is 42.7 Å². The van der Waals surface area contributed by atoms with Crippen molar-refractivity contribution in [3.8, 4) is 0 Å². The number of hydrogen-bond acceptors (Lipinski definition) is 2. The van der Waals surface area contributed by atoms with E-state index in [1.807, 2.05) is 17.0 Å². The average molecular weight is 275 g/mol. The molecule has 0 spiro atoms. The first-order chi connectivity index (χ1) is 9.61. The minimum atomic E-state index is 0.247. The van der Waals surface area contributed by atoms with E-state index in [2.05, 4.69) is 26.0 Å². The number of likely N-dealkylation sites (tertiary alicyclic amines) is 1. The van der Waals surface area contributed by atoms with Gasteiger partial charge < -0.3 is 10.0 Å². The summed E-state index contributed by atoms with van der Waals surface area (Å²) < 4.78 is 0. The molecule has 3 nitrogen and oxygen atoms in total. The molecule has 1 atom stereocenters. The Morgan fingerprint density at radius 2 is 2.00 bits per heavy atom. The number of aryl methyl sites for hydroxylation is 1. The van der Waals surface area contributed by atoms with Gasteiger partial charge in [0.05, 0.1) is 0 Å². The number of aliphatic hydroxyl groups excluding tert-OH is 1. The number of amides is 1. The van der Waals surface area contributed by atoms with E-state index in [1.54, 1.807) is 0 Å². The molecular formula is C17H25NO2. The Balaban J connectivity index is 1.90. The molecule has 1 N–H and O–H groups in total. The van der Waals surface area contributed by atoms with Crippen LogP contribution in [-0.4, -0.2) is 35.6 Å². The lowest BCUT2D eigenvalue weighted by Gasteiger charge is -2.32. The van der Waals surface area contributed by atoms with Crippen molar-refractivity contribution in [3.05, 3.63) is 35.4 Å². The van der Waals surface area contributed by atoms with Gasteiger partial charge in [-0.2, -0.15) is 0 Å². The Bertz CT molecular complexity index is 450. The van der Waals surface area contributed by atoms with E-state index >= 15 is 0 Å². The van der Waals surface area contributed by atoms with Crippen molar-refractivity contribution in [2.24, 2.45) is 5.92 Å².